The summed E-state index contributed by atoms with van der Waals surface area (Å²) in [6, 6.07) is 4.15. The van der Waals surface area contributed by atoms with Crippen LogP contribution < -0.4 is 4.74 Å². The van der Waals surface area contributed by atoms with Crippen molar-refractivity contribution in [2.45, 2.75) is 52.1 Å². The molecule has 0 aromatic heterocycles. The van der Waals surface area contributed by atoms with Gasteiger partial charge in [0.1, 0.15) is 5.75 Å². The van der Waals surface area contributed by atoms with Crippen LogP contribution in [0.4, 0.5) is 0 Å². The number of fused-ring (bicyclic) bond motifs is 2. The number of ether oxygens (including phenoxy) is 1. The predicted molar refractivity (Wildman–Crippen MR) is 81.0 cm³/mol. The van der Waals surface area contributed by atoms with E-state index < -0.39 is 0 Å². The maximum Gasteiger partial charge on any atom is 0.122 e. The van der Waals surface area contributed by atoms with Crippen molar-refractivity contribution in [3.63, 3.8) is 0 Å². The molecule has 0 aliphatic heterocycles. The highest BCUT2D eigenvalue weighted by atomic mass is 16.5. The first-order valence-electron chi connectivity index (χ1n) is 7.91. The highest BCUT2D eigenvalue weighted by Crippen LogP contribution is 2.51. The van der Waals surface area contributed by atoms with Gasteiger partial charge in [-0.1, -0.05) is 6.42 Å². The van der Waals surface area contributed by atoms with Gasteiger partial charge in [-0.05, 0) is 86.1 Å². The topological polar surface area (TPSA) is 29.5 Å². The van der Waals surface area contributed by atoms with Crippen LogP contribution in [-0.2, 0) is 0 Å². The molecular formula is C18H26O2. The molecule has 0 radical (unpaired) electrons. The molecule has 2 nitrogen and oxygen atoms in total. The van der Waals surface area contributed by atoms with E-state index in [2.05, 4.69) is 19.1 Å². The average molecular weight is 274 g/mol. The maximum atomic E-state index is 10.6. The summed E-state index contributed by atoms with van der Waals surface area (Å²) in [7, 11) is 1.70. The number of aryl methyl sites for hydroxylation is 2. The van der Waals surface area contributed by atoms with Gasteiger partial charge in [0.2, 0.25) is 0 Å². The number of hydrogen-bond acceptors (Lipinski definition) is 2. The van der Waals surface area contributed by atoms with E-state index in [9.17, 15) is 5.11 Å². The first kappa shape index (κ1) is 13.9. The van der Waals surface area contributed by atoms with Crippen molar-refractivity contribution in [2.75, 3.05) is 7.11 Å². The number of rotatable bonds is 4. The molecule has 2 aliphatic carbocycles. The summed E-state index contributed by atoms with van der Waals surface area (Å²) in [6.45, 7) is 4.12. The molecule has 1 aromatic carbocycles. The summed E-state index contributed by atoms with van der Waals surface area (Å²) in [6.07, 6.45) is 6.20. The Morgan fingerprint density at radius 3 is 2.60 bits per heavy atom. The molecule has 2 heteroatoms. The molecule has 2 saturated carbocycles. The van der Waals surface area contributed by atoms with E-state index in [0.29, 0.717) is 0 Å². The lowest BCUT2D eigenvalue weighted by atomic mass is 9.83. The third-order valence-corrected chi connectivity index (χ3v) is 5.55. The van der Waals surface area contributed by atoms with Gasteiger partial charge in [-0.25, -0.2) is 0 Å². The van der Waals surface area contributed by atoms with Crippen LogP contribution in [0, 0.1) is 31.6 Å². The Balaban J connectivity index is 1.74. The number of aliphatic hydroxyl groups excluding tert-OH is 1. The maximum absolute atomic E-state index is 10.6. The fourth-order valence-electron chi connectivity index (χ4n) is 4.47. The molecule has 2 fully saturated rings. The molecular weight excluding hydrogens is 248 g/mol. The van der Waals surface area contributed by atoms with E-state index in [4.69, 9.17) is 4.74 Å². The Bertz CT molecular complexity index is 494. The minimum absolute atomic E-state index is 0.316. The second-order valence-electron chi connectivity index (χ2n) is 6.86. The summed E-state index contributed by atoms with van der Waals surface area (Å²) >= 11 is 0. The minimum Gasteiger partial charge on any atom is -0.496 e. The number of methoxy groups -OCH3 is 1. The van der Waals surface area contributed by atoms with Gasteiger partial charge in [0.05, 0.1) is 13.2 Å². The van der Waals surface area contributed by atoms with Crippen LogP contribution in [0.5, 0.6) is 5.75 Å². The van der Waals surface area contributed by atoms with E-state index in [-0.39, 0.29) is 6.10 Å². The van der Waals surface area contributed by atoms with Gasteiger partial charge in [-0.15, -0.1) is 0 Å². The fraction of sp³-hybridized carbons (Fsp3) is 0.667. The zero-order valence-corrected chi connectivity index (χ0v) is 12.9. The molecule has 4 unspecified atom stereocenters. The van der Waals surface area contributed by atoms with Gasteiger partial charge in [-0.3, -0.25) is 0 Å². The lowest BCUT2D eigenvalue weighted by Crippen LogP contribution is -2.15. The average Bonchev–Trinajstić information content (AvgIpc) is 3.03. The lowest BCUT2D eigenvalue weighted by Gasteiger charge is -2.25. The number of aliphatic hydroxyl groups is 1. The second kappa shape index (κ2) is 5.40. The van der Waals surface area contributed by atoms with Crippen molar-refractivity contribution in [3.05, 3.63) is 28.8 Å². The van der Waals surface area contributed by atoms with Crippen molar-refractivity contribution in [3.8, 4) is 5.75 Å². The molecule has 1 aromatic rings. The van der Waals surface area contributed by atoms with E-state index in [1.807, 2.05) is 6.92 Å². The zero-order valence-electron chi connectivity index (χ0n) is 12.9. The van der Waals surface area contributed by atoms with Crippen molar-refractivity contribution in [1.29, 1.82) is 0 Å². The molecule has 3 rings (SSSR count). The minimum atomic E-state index is -0.316. The van der Waals surface area contributed by atoms with Gasteiger partial charge in [0.15, 0.2) is 0 Å². The van der Waals surface area contributed by atoms with Crippen molar-refractivity contribution in [2.24, 2.45) is 17.8 Å². The van der Waals surface area contributed by atoms with Crippen LogP contribution in [0.2, 0.25) is 0 Å². The molecule has 0 saturated heterocycles. The summed E-state index contributed by atoms with van der Waals surface area (Å²) in [5, 5.41) is 10.6. The van der Waals surface area contributed by atoms with E-state index in [0.717, 1.165) is 46.6 Å². The smallest absolute Gasteiger partial charge is 0.122 e. The predicted octanol–water partition coefficient (Wildman–Crippen LogP) is 4.17. The van der Waals surface area contributed by atoms with Gasteiger partial charge >= 0.3 is 0 Å². The third kappa shape index (κ3) is 2.46. The van der Waals surface area contributed by atoms with Crippen LogP contribution in [0.25, 0.3) is 0 Å². The summed E-state index contributed by atoms with van der Waals surface area (Å²) in [4.78, 5) is 0. The fourth-order valence-corrected chi connectivity index (χ4v) is 4.47. The largest absolute Gasteiger partial charge is 0.496 e. The van der Waals surface area contributed by atoms with Crippen LogP contribution in [-0.4, -0.2) is 12.2 Å². The standard InChI is InChI=1S/C18H26O2/c1-11-7-18(20-3)12(2)6-16(11)17(19)10-15-9-13-4-5-14(15)8-13/h6-7,13-15,17,19H,4-5,8-10H2,1-3H3. The molecule has 2 bridgehead atoms. The molecule has 0 amide bonds. The Morgan fingerprint density at radius 2 is 2.00 bits per heavy atom. The molecule has 4 atom stereocenters. The summed E-state index contributed by atoms with van der Waals surface area (Å²) in [5.74, 6) is 3.49. The SMILES string of the molecule is COc1cc(C)c(C(O)CC2CC3CCC2C3)cc1C. The summed E-state index contributed by atoms with van der Waals surface area (Å²) in [5.41, 5.74) is 3.34. The lowest BCUT2D eigenvalue weighted by molar-refractivity contribution is 0.125. The normalized spacial score (nSPS) is 29.7. The first-order valence-corrected chi connectivity index (χ1v) is 7.91. The van der Waals surface area contributed by atoms with E-state index >= 15 is 0 Å². The third-order valence-electron chi connectivity index (χ3n) is 5.55. The monoisotopic (exact) mass is 274 g/mol. The van der Waals surface area contributed by atoms with Crippen LogP contribution in [0.15, 0.2) is 12.1 Å². The number of benzene rings is 1. The van der Waals surface area contributed by atoms with Crippen LogP contribution in [0.3, 0.4) is 0 Å². The molecule has 0 spiro atoms. The Morgan fingerprint density at radius 1 is 1.20 bits per heavy atom. The Labute approximate surface area is 122 Å². The molecule has 110 valence electrons. The Hall–Kier alpha value is -1.02. The van der Waals surface area contributed by atoms with Crippen LogP contribution in [0.1, 0.15) is 54.9 Å². The highest BCUT2D eigenvalue weighted by molar-refractivity contribution is 5.42. The van der Waals surface area contributed by atoms with E-state index in [1.54, 1.807) is 7.11 Å². The van der Waals surface area contributed by atoms with E-state index in [1.165, 1.54) is 25.7 Å². The van der Waals surface area contributed by atoms with Crippen molar-refractivity contribution >= 4 is 0 Å². The quantitative estimate of drug-likeness (QED) is 0.893. The van der Waals surface area contributed by atoms with Crippen molar-refractivity contribution in [1.82, 2.24) is 0 Å². The molecule has 1 N–H and O–H groups in total. The Kier molecular flexibility index (Phi) is 3.76. The van der Waals surface area contributed by atoms with Crippen LogP contribution >= 0.6 is 0 Å². The number of hydrogen-bond donors (Lipinski definition) is 1. The molecule has 0 heterocycles. The van der Waals surface area contributed by atoms with Gasteiger partial charge in [0.25, 0.3) is 0 Å². The first-order chi connectivity index (χ1) is 9.58. The second-order valence-corrected chi connectivity index (χ2v) is 6.86. The summed E-state index contributed by atoms with van der Waals surface area (Å²) < 4.78 is 5.35. The zero-order chi connectivity index (χ0) is 14.3. The van der Waals surface area contributed by atoms with Gasteiger partial charge < -0.3 is 9.84 Å². The molecule has 20 heavy (non-hydrogen) atoms. The molecule has 2 aliphatic rings. The highest BCUT2D eigenvalue weighted by Gasteiger charge is 2.40. The van der Waals surface area contributed by atoms with Crippen molar-refractivity contribution < 1.29 is 9.84 Å². The van der Waals surface area contributed by atoms with Gasteiger partial charge in [-0.2, -0.15) is 0 Å². The van der Waals surface area contributed by atoms with Gasteiger partial charge in [0, 0.05) is 0 Å².